The Morgan fingerprint density at radius 2 is 2.10 bits per heavy atom. The van der Waals surface area contributed by atoms with Gasteiger partial charge in [0, 0.05) is 24.0 Å². The summed E-state index contributed by atoms with van der Waals surface area (Å²) in [7, 11) is -3.34. The molecule has 1 fully saturated rings. The fourth-order valence-corrected chi connectivity index (χ4v) is 5.26. The highest BCUT2D eigenvalue weighted by atomic mass is 32.2. The van der Waals surface area contributed by atoms with Crippen LogP contribution in [0.1, 0.15) is 38.5 Å². The summed E-state index contributed by atoms with van der Waals surface area (Å²) < 4.78 is 27.6. The van der Waals surface area contributed by atoms with E-state index in [1.54, 1.807) is 10.4 Å². The molecule has 0 saturated heterocycles. The van der Waals surface area contributed by atoms with Gasteiger partial charge in [-0.15, -0.1) is 11.3 Å². The van der Waals surface area contributed by atoms with Crippen molar-refractivity contribution in [3.63, 3.8) is 0 Å². The summed E-state index contributed by atoms with van der Waals surface area (Å²) in [6.07, 6.45) is 2.32. The Hall–Kier alpha value is -0.430. The predicted octanol–water partition coefficient (Wildman–Crippen LogP) is 2.67. The van der Waals surface area contributed by atoms with E-state index in [0.29, 0.717) is 16.7 Å². The van der Waals surface area contributed by atoms with E-state index in [1.165, 1.54) is 11.3 Å². The zero-order valence-corrected chi connectivity index (χ0v) is 14.1. The van der Waals surface area contributed by atoms with Crippen LogP contribution in [0.2, 0.25) is 0 Å². The van der Waals surface area contributed by atoms with Crippen molar-refractivity contribution in [1.29, 1.82) is 0 Å². The number of nitrogens with zero attached hydrogens (tertiary/aromatic N) is 1. The van der Waals surface area contributed by atoms with Crippen molar-refractivity contribution >= 4 is 21.4 Å². The van der Waals surface area contributed by atoms with Gasteiger partial charge in [0.2, 0.25) is 0 Å². The Bertz CT molecular complexity index is 533. The maximum atomic E-state index is 12.7. The summed E-state index contributed by atoms with van der Waals surface area (Å²) in [5.74, 6) is 0.563. The van der Waals surface area contributed by atoms with Gasteiger partial charge in [0.15, 0.2) is 0 Å². The van der Waals surface area contributed by atoms with Crippen molar-refractivity contribution < 1.29 is 8.42 Å². The van der Waals surface area contributed by atoms with Crippen LogP contribution in [-0.2, 0) is 16.6 Å². The SMILES string of the molecule is CCNCc1ccc(S(=O)(=O)N(CC2CC2)C(C)C)s1. The molecule has 1 aromatic heterocycles. The summed E-state index contributed by atoms with van der Waals surface area (Å²) in [5, 5.41) is 3.23. The first-order valence-electron chi connectivity index (χ1n) is 7.26. The summed E-state index contributed by atoms with van der Waals surface area (Å²) >= 11 is 1.38. The van der Waals surface area contributed by atoms with E-state index in [1.807, 2.05) is 26.8 Å². The lowest BCUT2D eigenvalue weighted by atomic mass is 10.3. The van der Waals surface area contributed by atoms with Crippen LogP contribution in [0, 0.1) is 5.92 Å². The van der Waals surface area contributed by atoms with E-state index < -0.39 is 10.0 Å². The second kappa shape index (κ2) is 6.56. The van der Waals surface area contributed by atoms with Gasteiger partial charge < -0.3 is 5.32 Å². The molecule has 0 aliphatic heterocycles. The molecule has 1 aliphatic rings. The Balaban J connectivity index is 2.16. The van der Waals surface area contributed by atoms with Crippen LogP contribution in [0.25, 0.3) is 0 Å². The minimum Gasteiger partial charge on any atom is -0.312 e. The summed E-state index contributed by atoms with van der Waals surface area (Å²) in [6, 6.07) is 3.67. The molecule has 4 nitrogen and oxygen atoms in total. The third kappa shape index (κ3) is 3.81. The van der Waals surface area contributed by atoms with Gasteiger partial charge in [0.1, 0.15) is 4.21 Å². The molecule has 1 N–H and O–H groups in total. The Labute approximate surface area is 126 Å². The van der Waals surface area contributed by atoms with E-state index in [9.17, 15) is 8.42 Å². The molecule has 2 rings (SSSR count). The number of sulfonamides is 1. The van der Waals surface area contributed by atoms with Crippen LogP contribution in [0.4, 0.5) is 0 Å². The highest BCUT2D eigenvalue weighted by molar-refractivity contribution is 7.91. The fraction of sp³-hybridized carbons (Fsp3) is 0.714. The van der Waals surface area contributed by atoms with Gasteiger partial charge in [-0.3, -0.25) is 0 Å². The molecule has 6 heteroatoms. The predicted molar refractivity (Wildman–Crippen MR) is 83.5 cm³/mol. The van der Waals surface area contributed by atoms with E-state index in [-0.39, 0.29) is 6.04 Å². The lowest BCUT2D eigenvalue weighted by Crippen LogP contribution is -2.38. The number of thiophene rings is 1. The van der Waals surface area contributed by atoms with Gasteiger partial charge in [-0.1, -0.05) is 6.92 Å². The molecule has 0 unspecified atom stereocenters. The van der Waals surface area contributed by atoms with Crippen molar-refractivity contribution in [3.05, 3.63) is 17.0 Å². The molecule has 1 aliphatic carbocycles. The van der Waals surface area contributed by atoms with Crippen molar-refractivity contribution in [3.8, 4) is 0 Å². The van der Waals surface area contributed by atoms with Gasteiger partial charge in [0.05, 0.1) is 0 Å². The van der Waals surface area contributed by atoms with Gasteiger partial charge in [-0.25, -0.2) is 8.42 Å². The molecule has 0 aromatic carbocycles. The Kier molecular flexibility index (Phi) is 5.23. The summed E-state index contributed by atoms with van der Waals surface area (Å²) in [6.45, 7) is 8.24. The number of hydrogen-bond acceptors (Lipinski definition) is 4. The molecule has 20 heavy (non-hydrogen) atoms. The first-order valence-corrected chi connectivity index (χ1v) is 9.52. The second-order valence-corrected chi connectivity index (χ2v) is 8.90. The van der Waals surface area contributed by atoms with Crippen molar-refractivity contribution in [2.45, 2.75) is 50.4 Å². The second-order valence-electron chi connectivity index (χ2n) is 5.61. The maximum absolute atomic E-state index is 12.7. The minimum atomic E-state index is -3.34. The van der Waals surface area contributed by atoms with Crippen molar-refractivity contribution in [1.82, 2.24) is 9.62 Å². The van der Waals surface area contributed by atoms with E-state index >= 15 is 0 Å². The molecule has 1 aromatic rings. The quantitative estimate of drug-likeness (QED) is 0.802. The van der Waals surface area contributed by atoms with Crippen LogP contribution >= 0.6 is 11.3 Å². The average molecular weight is 316 g/mol. The highest BCUT2D eigenvalue weighted by Gasteiger charge is 2.34. The zero-order valence-electron chi connectivity index (χ0n) is 12.4. The summed E-state index contributed by atoms with van der Waals surface area (Å²) in [5.41, 5.74) is 0. The third-order valence-corrected chi connectivity index (χ3v) is 7.05. The van der Waals surface area contributed by atoms with Gasteiger partial charge in [0.25, 0.3) is 10.0 Å². The number of nitrogens with one attached hydrogen (secondary N) is 1. The molecule has 1 heterocycles. The van der Waals surface area contributed by atoms with Gasteiger partial charge in [-0.2, -0.15) is 4.31 Å². The molecule has 0 bridgehead atoms. The van der Waals surface area contributed by atoms with Crippen LogP contribution in [0.3, 0.4) is 0 Å². The lowest BCUT2D eigenvalue weighted by Gasteiger charge is -2.25. The van der Waals surface area contributed by atoms with E-state index in [4.69, 9.17) is 0 Å². The van der Waals surface area contributed by atoms with Crippen LogP contribution < -0.4 is 5.32 Å². The normalized spacial score (nSPS) is 16.2. The minimum absolute atomic E-state index is 0.0138. The fourth-order valence-electron chi connectivity index (χ4n) is 2.10. The van der Waals surface area contributed by atoms with Crippen LogP contribution in [0.15, 0.2) is 16.3 Å². The standard InChI is InChI=1S/C14H24N2O2S2/c1-4-15-9-13-7-8-14(19-13)20(17,18)16(11(2)3)10-12-5-6-12/h7-8,11-12,15H,4-6,9-10H2,1-3H3. The monoisotopic (exact) mass is 316 g/mol. The molecule has 0 radical (unpaired) electrons. The molecule has 1 saturated carbocycles. The number of hydrogen-bond donors (Lipinski definition) is 1. The maximum Gasteiger partial charge on any atom is 0.252 e. The first-order chi connectivity index (χ1) is 9.45. The van der Waals surface area contributed by atoms with Crippen LogP contribution in [0.5, 0.6) is 0 Å². The highest BCUT2D eigenvalue weighted by Crippen LogP contribution is 2.33. The van der Waals surface area contributed by atoms with Crippen molar-refractivity contribution in [2.75, 3.05) is 13.1 Å². The van der Waals surface area contributed by atoms with Crippen molar-refractivity contribution in [2.24, 2.45) is 5.92 Å². The molecular formula is C14H24N2O2S2. The molecule has 0 spiro atoms. The van der Waals surface area contributed by atoms with Gasteiger partial charge in [-0.05, 0) is 51.3 Å². The average Bonchev–Trinajstić information content (AvgIpc) is 3.08. The Morgan fingerprint density at radius 1 is 1.40 bits per heavy atom. The van der Waals surface area contributed by atoms with Crippen LogP contribution in [-0.4, -0.2) is 31.9 Å². The molecular weight excluding hydrogens is 292 g/mol. The van der Waals surface area contributed by atoms with E-state index in [0.717, 1.165) is 30.8 Å². The number of rotatable bonds is 8. The first kappa shape index (κ1) is 15.9. The van der Waals surface area contributed by atoms with E-state index in [2.05, 4.69) is 5.32 Å². The zero-order chi connectivity index (χ0) is 14.8. The molecule has 114 valence electrons. The molecule has 0 atom stereocenters. The topological polar surface area (TPSA) is 49.4 Å². The smallest absolute Gasteiger partial charge is 0.252 e. The lowest BCUT2D eigenvalue weighted by molar-refractivity contribution is 0.342. The molecule has 0 amide bonds. The largest absolute Gasteiger partial charge is 0.312 e. The third-order valence-electron chi connectivity index (χ3n) is 3.46. The Morgan fingerprint density at radius 3 is 2.65 bits per heavy atom. The summed E-state index contributed by atoms with van der Waals surface area (Å²) in [4.78, 5) is 1.07. The van der Waals surface area contributed by atoms with Gasteiger partial charge >= 0.3 is 0 Å².